The molecule has 1 aliphatic rings. The van der Waals surface area contributed by atoms with Crippen LogP contribution >= 0.6 is 0 Å². The monoisotopic (exact) mass is 170 g/mol. The highest BCUT2D eigenvalue weighted by atomic mass is 15.1. The molecule has 2 N–H and O–H groups in total. The van der Waals surface area contributed by atoms with Gasteiger partial charge in [0.1, 0.15) is 0 Å². The number of rotatable bonds is 3. The molecule has 0 saturated heterocycles. The summed E-state index contributed by atoms with van der Waals surface area (Å²) >= 11 is 0. The van der Waals surface area contributed by atoms with Gasteiger partial charge in [-0.15, -0.1) is 0 Å². The minimum Gasteiger partial charge on any atom is -0.327 e. The highest BCUT2D eigenvalue weighted by Crippen LogP contribution is 2.42. The first kappa shape index (κ1) is 10.0. The standard InChI is InChI=1S/C10H22N2/c1-8(11)7-12(4)9-5-10(2,3)6-9/h8-9H,5-7,11H2,1-4H3. The van der Waals surface area contributed by atoms with Crippen LogP contribution in [0.25, 0.3) is 0 Å². The first-order valence-corrected chi connectivity index (χ1v) is 4.86. The largest absolute Gasteiger partial charge is 0.327 e. The lowest BCUT2D eigenvalue weighted by molar-refractivity contribution is 0.0396. The minimum atomic E-state index is 0.304. The molecule has 0 bridgehead atoms. The minimum absolute atomic E-state index is 0.304. The van der Waals surface area contributed by atoms with Gasteiger partial charge < -0.3 is 10.6 Å². The van der Waals surface area contributed by atoms with Crippen LogP contribution in [0.15, 0.2) is 0 Å². The topological polar surface area (TPSA) is 29.3 Å². The second-order valence-electron chi connectivity index (χ2n) is 5.14. The summed E-state index contributed by atoms with van der Waals surface area (Å²) in [6.45, 7) is 7.77. The van der Waals surface area contributed by atoms with E-state index in [1.165, 1.54) is 12.8 Å². The van der Waals surface area contributed by atoms with Crippen molar-refractivity contribution in [3.8, 4) is 0 Å². The third-order valence-electron chi connectivity index (χ3n) is 2.78. The van der Waals surface area contributed by atoms with E-state index in [9.17, 15) is 0 Å². The Hall–Kier alpha value is -0.0800. The number of hydrogen-bond donors (Lipinski definition) is 1. The van der Waals surface area contributed by atoms with Crippen molar-refractivity contribution in [1.29, 1.82) is 0 Å². The van der Waals surface area contributed by atoms with Crippen molar-refractivity contribution in [1.82, 2.24) is 4.90 Å². The van der Waals surface area contributed by atoms with Gasteiger partial charge in [-0.1, -0.05) is 13.8 Å². The van der Waals surface area contributed by atoms with Crippen LogP contribution in [0.1, 0.15) is 33.6 Å². The zero-order chi connectivity index (χ0) is 9.35. The SMILES string of the molecule is CC(N)CN(C)C1CC(C)(C)C1. The van der Waals surface area contributed by atoms with Gasteiger partial charge in [0.2, 0.25) is 0 Å². The highest BCUT2D eigenvalue weighted by molar-refractivity contribution is 4.92. The van der Waals surface area contributed by atoms with Gasteiger partial charge in [0.25, 0.3) is 0 Å². The van der Waals surface area contributed by atoms with Crippen LogP contribution in [0.5, 0.6) is 0 Å². The van der Waals surface area contributed by atoms with E-state index >= 15 is 0 Å². The molecule has 0 aromatic rings. The highest BCUT2D eigenvalue weighted by Gasteiger charge is 2.37. The molecular formula is C10H22N2. The van der Waals surface area contributed by atoms with Gasteiger partial charge in [-0.2, -0.15) is 0 Å². The van der Waals surface area contributed by atoms with Crippen molar-refractivity contribution in [2.75, 3.05) is 13.6 Å². The number of hydrogen-bond acceptors (Lipinski definition) is 2. The quantitative estimate of drug-likeness (QED) is 0.694. The van der Waals surface area contributed by atoms with E-state index in [1.54, 1.807) is 0 Å². The van der Waals surface area contributed by atoms with E-state index in [4.69, 9.17) is 5.73 Å². The van der Waals surface area contributed by atoms with Crippen LogP contribution in [-0.4, -0.2) is 30.6 Å². The predicted molar refractivity (Wildman–Crippen MR) is 53.1 cm³/mol. The Labute approximate surface area is 76.1 Å². The van der Waals surface area contributed by atoms with E-state index in [0.717, 1.165) is 12.6 Å². The molecule has 0 aromatic heterocycles. The normalized spacial score (nSPS) is 25.5. The molecule has 0 heterocycles. The van der Waals surface area contributed by atoms with Crippen LogP contribution in [0, 0.1) is 5.41 Å². The first-order chi connectivity index (χ1) is 5.41. The number of nitrogens with zero attached hydrogens (tertiary/aromatic N) is 1. The molecule has 0 aromatic carbocycles. The molecule has 1 aliphatic carbocycles. The Bertz CT molecular complexity index is 141. The number of nitrogens with two attached hydrogens (primary N) is 1. The maximum Gasteiger partial charge on any atom is 0.0139 e. The lowest BCUT2D eigenvalue weighted by Crippen LogP contribution is -2.49. The van der Waals surface area contributed by atoms with Crippen molar-refractivity contribution < 1.29 is 0 Å². The van der Waals surface area contributed by atoms with Crippen LogP contribution in [0.4, 0.5) is 0 Å². The van der Waals surface area contributed by atoms with Gasteiger partial charge in [0.15, 0.2) is 0 Å². The van der Waals surface area contributed by atoms with Crippen molar-refractivity contribution in [2.24, 2.45) is 11.1 Å². The Balaban J connectivity index is 2.23. The summed E-state index contributed by atoms with van der Waals surface area (Å²) < 4.78 is 0. The van der Waals surface area contributed by atoms with E-state index in [0.29, 0.717) is 11.5 Å². The van der Waals surface area contributed by atoms with Gasteiger partial charge in [0, 0.05) is 18.6 Å². The summed E-state index contributed by atoms with van der Waals surface area (Å²) in [5.74, 6) is 0. The molecule has 1 rings (SSSR count). The van der Waals surface area contributed by atoms with Crippen molar-refractivity contribution in [2.45, 2.75) is 45.7 Å². The van der Waals surface area contributed by atoms with Gasteiger partial charge in [-0.3, -0.25) is 0 Å². The second kappa shape index (κ2) is 3.35. The first-order valence-electron chi connectivity index (χ1n) is 4.86. The molecule has 0 spiro atoms. The lowest BCUT2D eigenvalue weighted by atomic mass is 9.68. The third-order valence-corrected chi connectivity index (χ3v) is 2.78. The van der Waals surface area contributed by atoms with Crippen LogP contribution < -0.4 is 5.73 Å². The molecular weight excluding hydrogens is 148 g/mol. The molecule has 0 radical (unpaired) electrons. The average Bonchev–Trinajstić information content (AvgIpc) is 1.80. The Morgan fingerprint density at radius 3 is 2.33 bits per heavy atom. The van der Waals surface area contributed by atoms with Crippen molar-refractivity contribution in [3.05, 3.63) is 0 Å². The van der Waals surface area contributed by atoms with E-state index in [-0.39, 0.29) is 0 Å². The zero-order valence-electron chi connectivity index (χ0n) is 8.80. The Morgan fingerprint density at radius 1 is 1.50 bits per heavy atom. The lowest BCUT2D eigenvalue weighted by Gasteiger charge is -2.47. The summed E-state index contributed by atoms with van der Waals surface area (Å²) in [7, 11) is 2.18. The fourth-order valence-corrected chi connectivity index (χ4v) is 2.13. The van der Waals surface area contributed by atoms with Gasteiger partial charge in [0.05, 0.1) is 0 Å². The summed E-state index contributed by atoms with van der Waals surface area (Å²) in [5.41, 5.74) is 6.32. The molecule has 0 amide bonds. The predicted octanol–water partition coefficient (Wildman–Crippen LogP) is 1.45. The fourth-order valence-electron chi connectivity index (χ4n) is 2.13. The van der Waals surface area contributed by atoms with Crippen molar-refractivity contribution in [3.63, 3.8) is 0 Å². The molecule has 1 atom stereocenters. The third kappa shape index (κ3) is 2.46. The summed E-state index contributed by atoms with van der Waals surface area (Å²) in [4.78, 5) is 2.40. The molecule has 1 unspecified atom stereocenters. The average molecular weight is 170 g/mol. The van der Waals surface area contributed by atoms with Crippen LogP contribution in [-0.2, 0) is 0 Å². The van der Waals surface area contributed by atoms with Crippen molar-refractivity contribution >= 4 is 0 Å². The van der Waals surface area contributed by atoms with Gasteiger partial charge in [-0.25, -0.2) is 0 Å². The van der Waals surface area contributed by atoms with Gasteiger partial charge in [-0.05, 0) is 32.2 Å². The maximum absolute atomic E-state index is 5.74. The van der Waals surface area contributed by atoms with Gasteiger partial charge >= 0.3 is 0 Å². The second-order valence-corrected chi connectivity index (χ2v) is 5.14. The Kier molecular flexibility index (Phi) is 2.79. The fraction of sp³-hybridized carbons (Fsp3) is 1.00. The number of likely N-dealkylation sites (N-methyl/N-ethyl adjacent to an activating group) is 1. The molecule has 0 aliphatic heterocycles. The van der Waals surface area contributed by atoms with E-state index in [2.05, 4.69) is 32.7 Å². The van der Waals surface area contributed by atoms with Crippen LogP contribution in [0.3, 0.4) is 0 Å². The van der Waals surface area contributed by atoms with E-state index in [1.807, 2.05) is 0 Å². The molecule has 2 heteroatoms. The Morgan fingerprint density at radius 2 is 2.00 bits per heavy atom. The molecule has 12 heavy (non-hydrogen) atoms. The smallest absolute Gasteiger partial charge is 0.0139 e. The maximum atomic E-state index is 5.74. The zero-order valence-corrected chi connectivity index (χ0v) is 8.80. The molecule has 1 saturated carbocycles. The summed E-state index contributed by atoms with van der Waals surface area (Å²) in [6.07, 6.45) is 2.66. The summed E-state index contributed by atoms with van der Waals surface area (Å²) in [6, 6.07) is 1.09. The molecule has 2 nitrogen and oxygen atoms in total. The van der Waals surface area contributed by atoms with Crippen LogP contribution in [0.2, 0.25) is 0 Å². The molecule has 1 fully saturated rings. The molecule has 72 valence electrons. The van der Waals surface area contributed by atoms with E-state index < -0.39 is 0 Å². The summed E-state index contributed by atoms with van der Waals surface area (Å²) in [5, 5.41) is 0.